The Bertz CT molecular complexity index is 471. The molecule has 2 rings (SSSR count). The van der Waals surface area contributed by atoms with Crippen LogP contribution in [0.1, 0.15) is 25.3 Å². The van der Waals surface area contributed by atoms with Gasteiger partial charge < -0.3 is 20.1 Å². The number of aliphatic hydroxyl groups is 1. The number of ether oxygens (including phenoxy) is 1. The van der Waals surface area contributed by atoms with E-state index in [1.54, 1.807) is 6.07 Å². The summed E-state index contributed by atoms with van der Waals surface area (Å²) < 4.78 is 5.75. The van der Waals surface area contributed by atoms with Crippen LogP contribution in [0.25, 0.3) is 0 Å². The van der Waals surface area contributed by atoms with Crippen LogP contribution in [0.2, 0.25) is 0 Å². The van der Waals surface area contributed by atoms with E-state index < -0.39 is 0 Å². The first-order chi connectivity index (χ1) is 9.60. The van der Waals surface area contributed by atoms with Gasteiger partial charge in [-0.15, -0.1) is 0 Å². The summed E-state index contributed by atoms with van der Waals surface area (Å²) in [4.78, 5) is 0. The smallest absolute Gasteiger partial charge is 0.119 e. The summed E-state index contributed by atoms with van der Waals surface area (Å²) in [7, 11) is 0. The molecule has 1 saturated heterocycles. The van der Waals surface area contributed by atoms with Crippen molar-refractivity contribution in [2.24, 2.45) is 5.92 Å². The Labute approximate surface area is 119 Å². The quantitative estimate of drug-likeness (QED) is 0.584. The number of rotatable bonds is 4. The molecule has 4 nitrogen and oxygen atoms in total. The normalized spacial score (nSPS) is 22.9. The summed E-state index contributed by atoms with van der Waals surface area (Å²) in [5.41, 5.74) is 1.91. The lowest BCUT2D eigenvalue weighted by Gasteiger charge is -2.28. The van der Waals surface area contributed by atoms with Crippen molar-refractivity contribution < 1.29 is 20.1 Å². The Kier molecular flexibility index (Phi) is 5.04. The van der Waals surface area contributed by atoms with E-state index in [1.807, 2.05) is 13.0 Å². The molecule has 0 aromatic heterocycles. The van der Waals surface area contributed by atoms with Gasteiger partial charge in [-0.05, 0) is 43.0 Å². The van der Waals surface area contributed by atoms with Gasteiger partial charge in [0.15, 0.2) is 0 Å². The van der Waals surface area contributed by atoms with Crippen molar-refractivity contribution in [3.05, 3.63) is 35.4 Å². The SMILES string of the molecule is CC(CO)C1CCC(=CCc2cc(O)ccc2O)CO1. The molecule has 1 heterocycles. The summed E-state index contributed by atoms with van der Waals surface area (Å²) in [5, 5.41) is 28.2. The molecule has 1 aliphatic heterocycles. The van der Waals surface area contributed by atoms with Crippen LogP contribution in [0.15, 0.2) is 29.8 Å². The van der Waals surface area contributed by atoms with Crippen molar-refractivity contribution in [2.75, 3.05) is 13.2 Å². The van der Waals surface area contributed by atoms with E-state index in [-0.39, 0.29) is 30.1 Å². The summed E-state index contributed by atoms with van der Waals surface area (Å²) in [6.45, 7) is 2.72. The van der Waals surface area contributed by atoms with Crippen LogP contribution < -0.4 is 0 Å². The summed E-state index contributed by atoms with van der Waals surface area (Å²) in [5.74, 6) is 0.530. The number of phenols is 2. The second-order valence-corrected chi connectivity index (χ2v) is 5.43. The van der Waals surface area contributed by atoms with Gasteiger partial charge in [0.1, 0.15) is 11.5 Å². The molecule has 3 N–H and O–H groups in total. The highest BCUT2D eigenvalue weighted by molar-refractivity contribution is 5.40. The lowest BCUT2D eigenvalue weighted by atomic mass is 9.95. The van der Waals surface area contributed by atoms with E-state index in [1.165, 1.54) is 17.7 Å². The second kappa shape index (κ2) is 6.77. The number of aromatic hydroxyl groups is 2. The van der Waals surface area contributed by atoms with Crippen LogP contribution in [0.5, 0.6) is 11.5 Å². The maximum Gasteiger partial charge on any atom is 0.119 e. The van der Waals surface area contributed by atoms with Crippen molar-refractivity contribution >= 4 is 0 Å². The van der Waals surface area contributed by atoms with E-state index in [0.29, 0.717) is 18.6 Å². The van der Waals surface area contributed by atoms with Crippen LogP contribution >= 0.6 is 0 Å². The minimum atomic E-state index is 0.131. The fourth-order valence-electron chi connectivity index (χ4n) is 2.41. The van der Waals surface area contributed by atoms with Gasteiger partial charge >= 0.3 is 0 Å². The summed E-state index contributed by atoms with van der Waals surface area (Å²) >= 11 is 0. The van der Waals surface area contributed by atoms with Gasteiger partial charge in [-0.25, -0.2) is 0 Å². The third-order valence-corrected chi connectivity index (χ3v) is 3.83. The van der Waals surface area contributed by atoms with E-state index >= 15 is 0 Å². The molecular formula is C16H22O4. The number of hydrogen-bond acceptors (Lipinski definition) is 4. The van der Waals surface area contributed by atoms with Gasteiger partial charge in [-0.3, -0.25) is 0 Å². The molecule has 110 valence electrons. The highest BCUT2D eigenvalue weighted by atomic mass is 16.5. The van der Waals surface area contributed by atoms with Crippen molar-refractivity contribution in [3.63, 3.8) is 0 Å². The zero-order valence-corrected chi connectivity index (χ0v) is 11.7. The topological polar surface area (TPSA) is 69.9 Å². The van der Waals surface area contributed by atoms with Crippen LogP contribution in [0.3, 0.4) is 0 Å². The largest absolute Gasteiger partial charge is 0.508 e. The second-order valence-electron chi connectivity index (χ2n) is 5.43. The maximum atomic E-state index is 9.71. The predicted octanol–water partition coefficient (Wildman–Crippen LogP) is 2.37. The number of benzene rings is 1. The van der Waals surface area contributed by atoms with Crippen LogP contribution in [0.4, 0.5) is 0 Å². The monoisotopic (exact) mass is 278 g/mol. The average molecular weight is 278 g/mol. The van der Waals surface area contributed by atoms with Crippen LogP contribution in [0, 0.1) is 5.92 Å². The predicted molar refractivity (Wildman–Crippen MR) is 76.8 cm³/mol. The first kappa shape index (κ1) is 14.9. The average Bonchev–Trinajstić information content (AvgIpc) is 2.48. The molecule has 2 unspecified atom stereocenters. The standard InChI is InChI=1S/C16H22O4/c1-11(9-17)16-7-3-12(10-20-16)2-4-13-8-14(18)5-6-15(13)19/h2,5-6,8,11,16-19H,3-4,7,9-10H2,1H3. The van der Waals surface area contributed by atoms with Gasteiger partial charge in [-0.1, -0.05) is 13.0 Å². The third kappa shape index (κ3) is 3.74. The fraction of sp³-hybridized carbons (Fsp3) is 0.500. The Morgan fingerprint density at radius 2 is 2.20 bits per heavy atom. The van der Waals surface area contributed by atoms with Gasteiger partial charge in [0.25, 0.3) is 0 Å². The molecule has 0 spiro atoms. The van der Waals surface area contributed by atoms with Gasteiger partial charge in [-0.2, -0.15) is 0 Å². The lowest BCUT2D eigenvalue weighted by molar-refractivity contribution is -0.0100. The highest BCUT2D eigenvalue weighted by Gasteiger charge is 2.22. The first-order valence-corrected chi connectivity index (χ1v) is 7.01. The molecule has 2 atom stereocenters. The molecule has 1 aromatic rings. The molecule has 0 radical (unpaired) electrons. The summed E-state index contributed by atoms with van der Waals surface area (Å²) in [6, 6.07) is 4.54. The molecule has 20 heavy (non-hydrogen) atoms. The van der Waals surface area contributed by atoms with Crippen molar-refractivity contribution in [1.29, 1.82) is 0 Å². The Morgan fingerprint density at radius 3 is 2.85 bits per heavy atom. The van der Waals surface area contributed by atoms with Gasteiger partial charge in [0.05, 0.1) is 12.7 Å². The molecule has 1 aromatic carbocycles. The molecule has 0 bridgehead atoms. The highest BCUT2D eigenvalue weighted by Crippen LogP contribution is 2.26. The van der Waals surface area contributed by atoms with E-state index in [0.717, 1.165) is 12.8 Å². The number of phenolic OH excluding ortho intramolecular Hbond substituents is 2. The van der Waals surface area contributed by atoms with Crippen molar-refractivity contribution in [1.82, 2.24) is 0 Å². The minimum Gasteiger partial charge on any atom is -0.508 e. The first-order valence-electron chi connectivity index (χ1n) is 7.01. The van der Waals surface area contributed by atoms with Crippen LogP contribution in [-0.4, -0.2) is 34.6 Å². The fourth-order valence-corrected chi connectivity index (χ4v) is 2.41. The van der Waals surface area contributed by atoms with Crippen molar-refractivity contribution in [2.45, 2.75) is 32.3 Å². The molecule has 4 heteroatoms. The lowest BCUT2D eigenvalue weighted by Crippen LogP contribution is -2.29. The Hall–Kier alpha value is -1.52. The molecule has 0 saturated carbocycles. The minimum absolute atomic E-state index is 0.131. The molecule has 0 aliphatic carbocycles. The third-order valence-electron chi connectivity index (χ3n) is 3.83. The van der Waals surface area contributed by atoms with Crippen molar-refractivity contribution in [3.8, 4) is 11.5 Å². The van der Waals surface area contributed by atoms with Gasteiger partial charge in [0, 0.05) is 18.1 Å². The molecule has 1 fully saturated rings. The molecule has 0 amide bonds. The maximum absolute atomic E-state index is 9.71. The van der Waals surface area contributed by atoms with E-state index in [9.17, 15) is 10.2 Å². The number of allylic oxidation sites excluding steroid dienone is 1. The Balaban J connectivity index is 1.92. The molecular weight excluding hydrogens is 256 g/mol. The van der Waals surface area contributed by atoms with E-state index in [4.69, 9.17) is 9.84 Å². The zero-order chi connectivity index (χ0) is 14.5. The van der Waals surface area contributed by atoms with Gasteiger partial charge in [0.2, 0.25) is 0 Å². The Morgan fingerprint density at radius 1 is 1.40 bits per heavy atom. The zero-order valence-electron chi connectivity index (χ0n) is 11.7. The summed E-state index contributed by atoms with van der Waals surface area (Å²) in [6.07, 6.45) is 4.63. The van der Waals surface area contributed by atoms with Crippen LogP contribution in [-0.2, 0) is 11.2 Å². The van der Waals surface area contributed by atoms with E-state index in [2.05, 4.69) is 0 Å². The molecule has 1 aliphatic rings. The number of aliphatic hydroxyl groups excluding tert-OH is 1. The number of hydrogen-bond donors (Lipinski definition) is 3.